The molecule has 20 heavy (non-hydrogen) atoms. The van der Waals surface area contributed by atoms with E-state index < -0.39 is 0 Å². The number of hydrogen-bond acceptors (Lipinski definition) is 3. The van der Waals surface area contributed by atoms with Crippen LogP contribution in [0.3, 0.4) is 0 Å². The maximum absolute atomic E-state index is 12.0. The summed E-state index contributed by atoms with van der Waals surface area (Å²) in [5.74, 6) is 0.386. The molecule has 1 aliphatic rings. The van der Waals surface area contributed by atoms with Gasteiger partial charge in [-0.15, -0.1) is 0 Å². The van der Waals surface area contributed by atoms with E-state index in [0.29, 0.717) is 11.5 Å². The van der Waals surface area contributed by atoms with Crippen LogP contribution in [0.2, 0.25) is 0 Å². The first-order valence-electron chi connectivity index (χ1n) is 7.00. The van der Waals surface area contributed by atoms with Crippen molar-refractivity contribution in [1.82, 2.24) is 5.43 Å². The Morgan fingerprint density at radius 2 is 2.20 bits per heavy atom. The maximum atomic E-state index is 12.0. The van der Waals surface area contributed by atoms with Crippen molar-refractivity contribution in [2.75, 3.05) is 0 Å². The fourth-order valence-corrected chi connectivity index (χ4v) is 3.04. The lowest BCUT2D eigenvalue weighted by molar-refractivity contribution is 0.0953. The zero-order chi connectivity index (χ0) is 14.8. The van der Waals surface area contributed by atoms with Gasteiger partial charge in [0.15, 0.2) is 0 Å². The number of hydrogen-bond donors (Lipinski definition) is 2. The molecule has 0 heterocycles. The molecule has 0 spiro atoms. The molecule has 1 atom stereocenters. The molecule has 4 nitrogen and oxygen atoms in total. The number of nitrogens with one attached hydrogen (secondary N) is 1. The second-order valence-corrected chi connectivity index (χ2v) is 6.52. The van der Waals surface area contributed by atoms with Gasteiger partial charge in [0.1, 0.15) is 5.75 Å². The van der Waals surface area contributed by atoms with Gasteiger partial charge in [-0.05, 0) is 48.8 Å². The van der Waals surface area contributed by atoms with Crippen molar-refractivity contribution in [2.24, 2.45) is 16.4 Å². The Kier molecular flexibility index (Phi) is 4.12. The van der Waals surface area contributed by atoms with Crippen LogP contribution in [-0.4, -0.2) is 16.7 Å². The quantitative estimate of drug-likeness (QED) is 0.813. The van der Waals surface area contributed by atoms with Crippen LogP contribution in [0.5, 0.6) is 5.75 Å². The number of carbonyl (C=O) groups excluding carboxylic acids is 1. The normalized spacial score (nSPS) is 23.6. The third-order valence-corrected chi connectivity index (χ3v) is 3.59. The molecule has 1 fully saturated rings. The molecule has 4 heteroatoms. The van der Waals surface area contributed by atoms with E-state index in [1.54, 1.807) is 12.1 Å². The summed E-state index contributed by atoms with van der Waals surface area (Å²) in [6, 6.07) is 6.27. The van der Waals surface area contributed by atoms with Gasteiger partial charge in [0.25, 0.3) is 5.91 Å². The third-order valence-electron chi connectivity index (χ3n) is 3.59. The van der Waals surface area contributed by atoms with Crippen LogP contribution in [0.4, 0.5) is 0 Å². The minimum absolute atomic E-state index is 0.0812. The molecule has 0 saturated heterocycles. The van der Waals surface area contributed by atoms with Crippen LogP contribution in [0.25, 0.3) is 0 Å². The molecule has 0 radical (unpaired) electrons. The third kappa shape index (κ3) is 3.83. The van der Waals surface area contributed by atoms with E-state index in [9.17, 15) is 9.90 Å². The second kappa shape index (κ2) is 5.65. The standard InChI is InChI=1S/C16H22N2O2/c1-11-7-13(10-16(2,3)9-11)17-18-15(20)12-5-4-6-14(19)8-12/h4-6,8,11,19H,7,9-10H2,1-3H3,(H,18,20)/b17-13-/t11-/m0/s1. The summed E-state index contributed by atoms with van der Waals surface area (Å²) in [6.07, 6.45) is 3.04. The van der Waals surface area contributed by atoms with Gasteiger partial charge in [-0.1, -0.05) is 26.8 Å². The number of hydrazone groups is 1. The Hall–Kier alpha value is -1.84. The van der Waals surface area contributed by atoms with Gasteiger partial charge in [-0.25, -0.2) is 5.43 Å². The van der Waals surface area contributed by atoms with Crippen molar-refractivity contribution in [3.05, 3.63) is 29.8 Å². The number of amides is 1. The number of phenols is 1. The maximum Gasteiger partial charge on any atom is 0.271 e. The molecular weight excluding hydrogens is 252 g/mol. The lowest BCUT2D eigenvalue weighted by atomic mass is 9.72. The van der Waals surface area contributed by atoms with E-state index in [2.05, 4.69) is 31.3 Å². The van der Waals surface area contributed by atoms with Gasteiger partial charge >= 0.3 is 0 Å². The summed E-state index contributed by atoms with van der Waals surface area (Å²) in [4.78, 5) is 12.0. The highest BCUT2D eigenvalue weighted by Crippen LogP contribution is 2.36. The van der Waals surface area contributed by atoms with E-state index in [4.69, 9.17) is 0 Å². The Bertz CT molecular complexity index is 535. The van der Waals surface area contributed by atoms with Gasteiger partial charge in [0, 0.05) is 11.3 Å². The van der Waals surface area contributed by atoms with E-state index in [1.807, 2.05) is 0 Å². The lowest BCUT2D eigenvalue weighted by Gasteiger charge is -2.34. The predicted molar refractivity (Wildman–Crippen MR) is 79.8 cm³/mol. The summed E-state index contributed by atoms with van der Waals surface area (Å²) in [6.45, 7) is 6.68. The average Bonchev–Trinajstić information content (AvgIpc) is 2.33. The molecule has 2 rings (SSSR count). The molecule has 0 unspecified atom stereocenters. The van der Waals surface area contributed by atoms with Crippen molar-refractivity contribution in [3.63, 3.8) is 0 Å². The number of aromatic hydroxyl groups is 1. The lowest BCUT2D eigenvalue weighted by Crippen LogP contribution is -2.30. The van der Waals surface area contributed by atoms with Crippen molar-refractivity contribution in [2.45, 2.75) is 40.0 Å². The first-order chi connectivity index (χ1) is 9.35. The number of phenolic OH excluding ortho intramolecular Hbond substituents is 1. The van der Waals surface area contributed by atoms with Crippen LogP contribution in [0.15, 0.2) is 29.4 Å². The fraction of sp³-hybridized carbons (Fsp3) is 0.500. The zero-order valence-electron chi connectivity index (χ0n) is 12.3. The van der Waals surface area contributed by atoms with Gasteiger partial charge in [0.2, 0.25) is 0 Å². The van der Waals surface area contributed by atoms with Crippen LogP contribution in [-0.2, 0) is 0 Å². The molecule has 0 bridgehead atoms. The highest BCUT2D eigenvalue weighted by atomic mass is 16.3. The van der Waals surface area contributed by atoms with Crippen molar-refractivity contribution in [3.8, 4) is 5.75 Å². The van der Waals surface area contributed by atoms with Crippen LogP contribution in [0, 0.1) is 11.3 Å². The van der Waals surface area contributed by atoms with E-state index in [1.165, 1.54) is 18.6 Å². The van der Waals surface area contributed by atoms with Gasteiger partial charge < -0.3 is 5.11 Å². The Balaban J connectivity index is 2.03. The average molecular weight is 274 g/mol. The van der Waals surface area contributed by atoms with Gasteiger partial charge in [-0.2, -0.15) is 5.10 Å². The van der Waals surface area contributed by atoms with E-state index >= 15 is 0 Å². The molecular formula is C16H22N2O2. The Morgan fingerprint density at radius 1 is 1.45 bits per heavy atom. The monoisotopic (exact) mass is 274 g/mol. The fourth-order valence-electron chi connectivity index (χ4n) is 3.04. The molecule has 1 saturated carbocycles. The number of benzene rings is 1. The van der Waals surface area contributed by atoms with E-state index in [0.717, 1.165) is 18.6 Å². The predicted octanol–water partition coefficient (Wildman–Crippen LogP) is 3.32. The number of nitrogens with zero attached hydrogens (tertiary/aromatic N) is 1. The van der Waals surface area contributed by atoms with Gasteiger partial charge in [-0.3, -0.25) is 4.79 Å². The zero-order valence-corrected chi connectivity index (χ0v) is 12.3. The summed E-state index contributed by atoms with van der Waals surface area (Å²) < 4.78 is 0. The summed E-state index contributed by atoms with van der Waals surface area (Å²) in [7, 11) is 0. The Morgan fingerprint density at radius 3 is 2.85 bits per heavy atom. The number of carbonyl (C=O) groups is 1. The summed E-state index contributed by atoms with van der Waals surface area (Å²) in [5, 5.41) is 13.6. The molecule has 2 N–H and O–H groups in total. The number of rotatable bonds is 2. The molecule has 1 amide bonds. The van der Waals surface area contributed by atoms with Gasteiger partial charge in [0.05, 0.1) is 0 Å². The molecule has 1 aromatic rings. The summed E-state index contributed by atoms with van der Waals surface area (Å²) >= 11 is 0. The minimum Gasteiger partial charge on any atom is -0.508 e. The topological polar surface area (TPSA) is 61.7 Å². The molecule has 1 aromatic carbocycles. The van der Waals surface area contributed by atoms with E-state index in [-0.39, 0.29) is 17.1 Å². The highest BCUT2D eigenvalue weighted by Gasteiger charge is 2.29. The SMILES string of the molecule is C[C@H]1C/C(=N/NC(=O)c2cccc(O)c2)CC(C)(C)C1. The first kappa shape index (κ1) is 14.6. The van der Waals surface area contributed by atoms with Crippen LogP contribution >= 0.6 is 0 Å². The second-order valence-electron chi connectivity index (χ2n) is 6.52. The van der Waals surface area contributed by atoms with Crippen molar-refractivity contribution >= 4 is 11.6 Å². The van der Waals surface area contributed by atoms with Crippen molar-refractivity contribution in [1.29, 1.82) is 0 Å². The molecule has 0 aliphatic heterocycles. The highest BCUT2D eigenvalue weighted by molar-refractivity contribution is 5.96. The van der Waals surface area contributed by atoms with Crippen LogP contribution < -0.4 is 5.43 Å². The molecule has 108 valence electrons. The smallest absolute Gasteiger partial charge is 0.271 e. The van der Waals surface area contributed by atoms with Crippen LogP contribution in [0.1, 0.15) is 50.4 Å². The Labute approximate surface area is 119 Å². The first-order valence-corrected chi connectivity index (χ1v) is 7.00. The molecule has 0 aromatic heterocycles. The molecule has 1 aliphatic carbocycles. The largest absolute Gasteiger partial charge is 0.508 e. The summed E-state index contributed by atoms with van der Waals surface area (Å²) in [5.41, 5.74) is 4.29. The minimum atomic E-state index is -0.288. The van der Waals surface area contributed by atoms with Crippen molar-refractivity contribution < 1.29 is 9.90 Å².